The van der Waals surface area contributed by atoms with Gasteiger partial charge >= 0.3 is 0 Å². The summed E-state index contributed by atoms with van der Waals surface area (Å²) < 4.78 is 0. The van der Waals surface area contributed by atoms with Crippen molar-refractivity contribution in [1.29, 1.82) is 0 Å². The zero-order valence-corrected chi connectivity index (χ0v) is 12.5. The maximum absolute atomic E-state index is 12.5. The Bertz CT molecular complexity index is 650. The minimum Gasteiger partial charge on any atom is -0.316 e. The van der Waals surface area contributed by atoms with E-state index < -0.39 is 0 Å². The van der Waals surface area contributed by atoms with Gasteiger partial charge in [0.2, 0.25) is 5.91 Å². The van der Waals surface area contributed by atoms with Crippen molar-refractivity contribution in [2.75, 3.05) is 5.32 Å². The molecule has 1 aliphatic carbocycles. The average Bonchev–Trinajstić information content (AvgIpc) is 2.76. The quantitative estimate of drug-likeness (QED) is 0.922. The van der Waals surface area contributed by atoms with Crippen LogP contribution in [-0.4, -0.2) is 15.9 Å². The highest BCUT2D eigenvalue weighted by Gasteiger charge is 2.28. The molecule has 2 aromatic heterocycles. The molecule has 1 atom stereocenters. The van der Waals surface area contributed by atoms with Gasteiger partial charge in [-0.25, -0.2) is 4.98 Å². The summed E-state index contributed by atoms with van der Waals surface area (Å²) in [5.41, 5.74) is 3.03. The van der Waals surface area contributed by atoms with Crippen molar-refractivity contribution in [2.45, 2.75) is 39.0 Å². The monoisotopic (exact) mass is 287 g/mol. The second kappa shape index (κ2) is 5.32. The molecular weight excluding hydrogens is 270 g/mol. The normalized spacial score (nSPS) is 17.6. The van der Waals surface area contributed by atoms with Gasteiger partial charge in [-0.3, -0.25) is 9.78 Å². The van der Waals surface area contributed by atoms with Gasteiger partial charge in [0.15, 0.2) is 0 Å². The second-order valence-corrected chi connectivity index (χ2v) is 6.33. The highest BCUT2D eigenvalue weighted by atomic mass is 32.1. The van der Waals surface area contributed by atoms with Crippen LogP contribution in [0.3, 0.4) is 0 Å². The van der Waals surface area contributed by atoms with Crippen LogP contribution in [0.25, 0.3) is 0 Å². The zero-order valence-electron chi connectivity index (χ0n) is 11.6. The van der Waals surface area contributed by atoms with Crippen molar-refractivity contribution >= 4 is 22.2 Å². The standard InChI is InChI=1S/C15H17N3OS/c1-9-15(20-10(2)17-9)18-14(19)12-7-3-5-11-6-4-8-16-13(11)12/h4,6,8,12H,3,5,7H2,1-2H3,(H,18,19)/t12-/m0/s1. The number of aryl methyl sites for hydroxylation is 3. The van der Waals surface area contributed by atoms with Gasteiger partial charge in [-0.15, -0.1) is 11.3 Å². The molecule has 3 rings (SSSR count). The smallest absolute Gasteiger partial charge is 0.234 e. The van der Waals surface area contributed by atoms with Crippen LogP contribution >= 0.6 is 11.3 Å². The predicted octanol–water partition coefficient (Wildman–Crippen LogP) is 3.21. The van der Waals surface area contributed by atoms with Gasteiger partial charge in [-0.1, -0.05) is 6.07 Å². The summed E-state index contributed by atoms with van der Waals surface area (Å²) in [5.74, 6) is -0.0989. The van der Waals surface area contributed by atoms with E-state index in [9.17, 15) is 4.79 Å². The number of anilines is 1. The van der Waals surface area contributed by atoms with E-state index >= 15 is 0 Å². The Morgan fingerprint density at radius 3 is 3.05 bits per heavy atom. The first-order valence-electron chi connectivity index (χ1n) is 6.84. The van der Waals surface area contributed by atoms with Gasteiger partial charge in [-0.05, 0) is 44.7 Å². The van der Waals surface area contributed by atoms with Crippen LogP contribution in [0, 0.1) is 13.8 Å². The molecule has 20 heavy (non-hydrogen) atoms. The van der Waals surface area contributed by atoms with E-state index in [1.54, 1.807) is 6.20 Å². The SMILES string of the molecule is Cc1nc(C)c(NC(=O)[C@H]2CCCc3cccnc32)s1. The van der Waals surface area contributed by atoms with Gasteiger partial charge < -0.3 is 5.32 Å². The molecule has 104 valence electrons. The maximum atomic E-state index is 12.5. The van der Waals surface area contributed by atoms with Crippen LogP contribution < -0.4 is 5.32 Å². The highest BCUT2D eigenvalue weighted by Crippen LogP contribution is 2.32. The van der Waals surface area contributed by atoms with Crippen molar-refractivity contribution in [3.8, 4) is 0 Å². The maximum Gasteiger partial charge on any atom is 0.234 e. The molecule has 2 heterocycles. The Morgan fingerprint density at radius 2 is 2.30 bits per heavy atom. The van der Waals surface area contributed by atoms with E-state index in [1.807, 2.05) is 19.9 Å². The van der Waals surface area contributed by atoms with Gasteiger partial charge in [-0.2, -0.15) is 0 Å². The molecule has 2 aromatic rings. The molecule has 1 aliphatic rings. The number of pyridine rings is 1. The second-order valence-electron chi connectivity index (χ2n) is 5.13. The van der Waals surface area contributed by atoms with Crippen molar-refractivity contribution in [2.24, 2.45) is 0 Å². The first-order chi connectivity index (χ1) is 9.65. The van der Waals surface area contributed by atoms with Gasteiger partial charge in [0, 0.05) is 6.20 Å². The topological polar surface area (TPSA) is 54.9 Å². The van der Waals surface area contributed by atoms with Crippen LogP contribution in [0.1, 0.15) is 40.7 Å². The number of nitrogens with zero attached hydrogens (tertiary/aromatic N) is 2. The molecule has 4 nitrogen and oxygen atoms in total. The van der Waals surface area contributed by atoms with E-state index in [4.69, 9.17) is 0 Å². The van der Waals surface area contributed by atoms with Crippen molar-refractivity contribution in [1.82, 2.24) is 9.97 Å². The molecular formula is C15H17N3OS. The van der Waals surface area contributed by atoms with Gasteiger partial charge in [0.25, 0.3) is 0 Å². The molecule has 1 amide bonds. The zero-order chi connectivity index (χ0) is 14.1. The van der Waals surface area contributed by atoms with Gasteiger partial charge in [0.05, 0.1) is 22.3 Å². The summed E-state index contributed by atoms with van der Waals surface area (Å²) in [6.45, 7) is 3.87. The third-order valence-electron chi connectivity index (χ3n) is 3.65. The van der Waals surface area contributed by atoms with Crippen LogP contribution in [0.15, 0.2) is 18.3 Å². The summed E-state index contributed by atoms with van der Waals surface area (Å²) >= 11 is 1.52. The Hall–Kier alpha value is -1.75. The van der Waals surface area contributed by atoms with Crippen LogP contribution in [-0.2, 0) is 11.2 Å². The fourth-order valence-electron chi connectivity index (χ4n) is 2.71. The number of carbonyl (C=O) groups excluding carboxylic acids is 1. The third-order valence-corrected chi connectivity index (χ3v) is 4.64. The lowest BCUT2D eigenvalue weighted by molar-refractivity contribution is -0.117. The average molecular weight is 287 g/mol. The molecule has 0 bridgehead atoms. The summed E-state index contributed by atoms with van der Waals surface area (Å²) in [4.78, 5) is 21.3. The molecule has 1 N–H and O–H groups in total. The molecule has 0 radical (unpaired) electrons. The molecule has 0 spiro atoms. The Morgan fingerprint density at radius 1 is 1.45 bits per heavy atom. The Labute approximate surface area is 122 Å². The third kappa shape index (κ3) is 2.45. The molecule has 0 saturated carbocycles. The molecule has 0 saturated heterocycles. The van der Waals surface area contributed by atoms with E-state index in [0.29, 0.717) is 0 Å². The molecule has 0 unspecified atom stereocenters. The summed E-state index contributed by atoms with van der Waals surface area (Å²) in [6.07, 6.45) is 4.70. The lowest BCUT2D eigenvalue weighted by Crippen LogP contribution is -2.25. The molecule has 5 heteroatoms. The lowest BCUT2D eigenvalue weighted by Gasteiger charge is -2.23. The van der Waals surface area contributed by atoms with Crippen molar-refractivity contribution < 1.29 is 4.79 Å². The fraction of sp³-hybridized carbons (Fsp3) is 0.400. The summed E-state index contributed by atoms with van der Waals surface area (Å²) in [5, 5.41) is 4.85. The largest absolute Gasteiger partial charge is 0.316 e. The number of carbonyl (C=O) groups is 1. The van der Waals surface area contributed by atoms with Crippen molar-refractivity contribution in [3.63, 3.8) is 0 Å². The van der Waals surface area contributed by atoms with E-state index in [1.165, 1.54) is 16.9 Å². The van der Waals surface area contributed by atoms with Crippen molar-refractivity contribution in [3.05, 3.63) is 40.3 Å². The van der Waals surface area contributed by atoms with Crippen LogP contribution in [0.2, 0.25) is 0 Å². The lowest BCUT2D eigenvalue weighted by atomic mass is 9.86. The summed E-state index contributed by atoms with van der Waals surface area (Å²) in [7, 11) is 0. The Kier molecular flexibility index (Phi) is 3.53. The number of nitrogens with one attached hydrogen (secondary N) is 1. The first kappa shape index (κ1) is 13.2. The highest BCUT2D eigenvalue weighted by molar-refractivity contribution is 7.16. The van der Waals surface area contributed by atoms with Crippen LogP contribution in [0.4, 0.5) is 5.00 Å². The minimum atomic E-state index is -0.137. The van der Waals surface area contributed by atoms with E-state index in [2.05, 4.69) is 21.4 Å². The number of aromatic nitrogens is 2. The molecule has 0 aliphatic heterocycles. The fourth-order valence-corrected chi connectivity index (χ4v) is 3.53. The number of hydrogen-bond donors (Lipinski definition) is 1. The number of rotatable bonds is 2. The van der Waals surface area contributed by atoms with Gasteiger partial charge in [0.1, 0.15) is 5.00 Å². The van der Waals surface area contributed by atoms with E-state index in [0.717, 1.165) is 40.7 Å². The molecule has 0 aromatic carbocycles. The number of fused-ring (bicyclic) bond motifs is 1. The van der Waals surface area contributed by atoms with Crippen LogP contribution in [0.5, 0.6) is 0 Å². The van der Waals surface area contributed by atoms with E-state index in [-0.39, 0.29) is 11.8 Å². The molecule has 0 fully saturated rings. The first-order valence-corrected chi connectivity index (χ1v) is 7.65. The number of hydrogen-bond acceptors (Lipinski definition) is 4. The predicted molar refractivity (Wildman–Crippen MR) is 80.1 cm³/mol. The minimum absolute atomic E-state index is 0.0383. The number of amides is 1. The summed E-state index contributed by atoms with van der Waals surface area (Å²) in [6, 6.07) is 4.01. The number of thiazole rings is 1. The Balaban J connectivity index is 1.83.